The van der Waals surface area contributed by atoms with Gasteiger partial charge in [-0.1, -0.05) is 0 Å². The molecule has 3 nitrogen and oxygen atoms in total. The summed E-state index contributed by atoms with van der Waals surface area (Å²) in [5.41, 5.74) is 1.30. The first kappa shape index (κ1) is 23.7. The van der Waals surface area contributed by atoms with Crippen molar-refractivity contribution in [2.24, 2.45) is 0 Å². The maximum absolute atomic E-state index is 6.11. The molecule has 0 saturated carbocycles. The number of halogens is 1. The molecule has 0 bridgehead atoms. The fraction of sp³-hybridized carbons (Fsp3) is 0.192. The molecule has 0 spiro atoms. The maximum atomic E-state index is 6.11. The first-order valence-electron chi connectivity index (χ1n) is 9.81. The van der Waals surface area contributed by atoms with Crippen LogP contribution in [-0.4, -0.2) is 43.9 Å². The Labute approximate surface area is 191 Å². The molecule has 30 heavy (non-hydrogen) atoms. The average molecular weight is 514 g/mol. The second-order valence-corrected chi connectivity index (χ2v) is 10.2. The van der Waals surface area contributed by atoms with Crippen molar-refractivity contribution < 1.29 is 30.5 Å². The van der Waals surface area contributed by atoms with Gasteiger partial charge >= 0.3 is 192 Å². The number of benzene rings is 2. The summed E-state index contributed by atoms with van der Waals surface area (Å²) in [6, 6.07) is 17.3. The van der Waals surface area contributed by atoms with Crippen molar-refractivity contribution >= 4 is 6.21 Å². The molecule has 0 aromatic heterocycles. The molecule has 0 aliphatic rings. The topological polar surface area (TPSA) is 15.5 Å². The number of aryl methyl sites for hydroxylation is 1. The fourth-order valence-corrected chi connectivity index (χ4v) is 4.45. The molecule has 2 aromatic carbocycles. The molecule has 2 rings (SSSR count). The molecule has 0 unspecified atom stereocenters. The van der Waals surface area contributed by atoms with Gasteiger partial charge in [0.1, 0.15) is 0 Å². The van der Waals surface area contributed by atoms with Gasteiger partial charge in [0.05, 0.1) is 0 Å². The summed E-state index contributed by atoms with van der Waals surface area (Å²) in [7, 11) is 7.99. The molecular formula is C26H31IN2O. The third kappa shape index (κ3) is 9.74. The van der Waals surface area contributed by atoms with E-state index in [0.717, 1.165) is 11.5 Å². The Balaban J connectivity index is 2.09. The van der Waals surface area contributed by atoms with E-state index in [1.54, 1.807) is 0 Å². The van der Waals surface area contributed by atoms with E-state index in [-0.39, 0.29) is 21.2 Å². The molecule has 0 saturated heterocycles. The van der Waals surface area contributed by atoms with Crippen LogP contribution in [0.1, 0.15) is 5.56 Å². The second kappa shape index (κ2) is 12.9. The number of hydrogen-bond acceptors (Lipinski definition) is 2. The minimum atomic E-state index is -0.173. The molecular weight excluding hydrogens is 483 g/mol. The zero-order chi connectivity index (χ0) is 21.8. The van der Waals surface area contributed by atoms with Crippen LogP contribution >= 0.6 is 0 Å². The second-order valence-electron chi connectivity index (χ2n) is 7.18. The van der Waals surface area contributed by atoms with E-state index in [0.29, 0.717) is 0 Å². The predicted molar refractivity (Wildman–Crippen MR) is 123 cm³/mol. The molecule has 0 atom stereocenters. The molecule has 0 radical (unpaired) electrons. The van der Waals surface area contributed by atoms with Crippen molar-refractivity contribution in [3.05, 3.63) is 110 Å². The van der Waals surface area contributed by atoms with E-state index in [4.69, 9.17) is 4.74 Å². The van der Waals surface area contributed by atoms with Gasteiger partial charge in [-0.25, -0.2) is 0 Å². The van der Waals surface area contributed by atoms with Gasteiger partial charge in [0.2, 0.25) is 0 Å². The molecule has 2 aromatic rings. The Morgan fingerprint density at radius 3 is 2.10 bits per heavy atom. The monoisotopic (exact) mass is 514 g/mol. The summed E-state index contributed by atoms with van der Waals surface area (Å²) in [4.78, 5) is 2.00. The minimum absolute atomic E-state index is 0.173. The van der Waals surface area contributed by atoms with Crippen LogP contribution in [0.4, 0.5) is 0 Å². The predicted octanol–water partition coefficient (Wildman–Crippen LogP) is 1.92. The molecule has 0 aliphatic heterocycles. The van der Waals surface area contributed by atoms with Gasteiger partial charge in [-0.3, -0.25) is 0 Å². The van der Waals surface area contributed by atoms with Gasteiger partial charge in [0.15, 0.2) is 0 Å². The van der Waals surface area contributed by atoms with Crippen LogP contribution in [0.5, 0.6) is 5.75 Å². The van der Waals surface area contributed by atoms with Crippen LogP contribution in [0, 0.1) is 14.1 Å². The van der Waals surface area contributed by atoms with Gasteiger partial charge in [0.25, 0.3) is 0 Å². The number of hydrogen-bond donors (Lipinski definition) is 0. The van der Waals surface area contributed by atoms with Crippen molar-refractivity contribution in [3.8, 4) is 5.75 Å². The Hall–Kier alpha value is -2.60. The van der Waals surface area contributed by atoms with Crippen LogP contribution in [-0.2, 0) is 0 Å². The first-order chi connectivity index (χ1) is 14.4. The molecule has 0 amide bonds. The van der Waals surface area contributed by atoms with Gasteiger partial charge < -0.3 is 0 Å². The van der Waals surface area contributed by atoms with Crippen molar-refractivity contribution in [2.45, 2.75) is 6.92 Å². The average Bonchev–Trinajstić information content (AvgIpc) is 2.71. The molecule has 0 heterocycles. The van der Waals surface area contributed by atoms with Gasteiger partial charge in [-0.15, -0.1) is 0 Å². The van der Waals surface area contributed by atoms with Crippen LogP contribution in [0.15, 0.2) is 96.9 Å². The number of rotatable bonds is 9. The van der Waals surface area contributed by atoms with E-state index in [1.807, 2.05) is 86.5 Å². The zero-order valence-electron chi connectivity index (χ0n) is 18.4. The summed E-state index contributed by atoms with van der Waals surface area (Å²) in [6.07, 6.45) is 15.9. The summed E-state index contributed by atoms with van der Waals surface area (Å²) in [6.45, 7) is 2.12. The third-order valence-electron chi connectivity index (χ3n) is 3.79. The van der Waals surface area contributed by atoms with Crippen LogP contribution in [0.25, 0.3) is 0 Å². The van der Waals surface area contributed by atoms with E-state index >= 15 is 0 Å². The Morgan fingerprint density at radius 2 is 1.50 bits per heavy atom. The molecule has 158 valence electrons. The molecule has 4 heteroatoms. The Kier molecular flexibility index (Phi) is 10.1. The Bertz CT molecular complexity index is 930. The summed E-state index contributed by atoms with van der Waals surface area (Å²) in [5.74, 6) is 1.62. The summed E-state index contributed by atoms with van der Waals surface area (Å²) >= 11 is -0.173. The molecule has 0 fully saturated rings. The van der Waals surface area contributed by atoms with Crippen molar-refractivity contribution in [1.29, 1.82) is 0 Å². The van der Waals surface area contributed by atoms with Crippen LogP contribution in [0.2, 0.25) is 0 Å². The van der Waals surface area contributed by atoms with Crippen molar-refractivity contribution in [1.82, 2.24) is 4.90 Å². The third-order valence-corrected chi connectivity index (χ3v) is 6.47. The van der Waals surface area contributed by atoms with E-state index < -0.39 is 0 Å². The molecule has 0 aliphatic carbocycles. The Morgan fingerprint density at radius 1 is 0.867 bits per heavy atom. The number of ether oxygens (including phenoxy) is 1. The summed E-state index contributed by atoms with van der Waals surface area (Å²) < 4.78 is 10.9. The van der Waals surface area contributed by atoms with E-state index in [1.165, 1.54) is 12.7 Å². The van der Waals surface area contributed by atoms with Crippen molar-refractivity contribution in [3.63, 3.8) is 0 Å². The standard InChI is InChI=1S/C26H31IN2O/c1-22-12-14-23(15-13-22)27-24-16-18-26(19-17-24)30-25(10-6-8-20-28(2)3)11-7-9-21-29(4)5/h6-21H,1-5H3. The van der Waals surface area contributed by atoms with Crippen LogP contribution < -0.4 is 25.9 Å². The van der Waals surface area contributed by atoms with E-state index in [9.17, 15) is 0 Å². The normalized spacial score (nSPS) is 12.2. The number of nitrogens with zero attached hydrogens (tertiary/aromatic N) is 2. The quantitative estimate of drug-likeness (QED) is 0.167. The molecule has 0 N–H and O–H groups in total. The fourth-order valence-electron chi connectivity index (χ4n) is 2.29. The summed E-state index contributed by atoms with van der Waals surface area (Å²) in [5, 5.41) is 0. The van der Waals surface area contributed by atoms with Gasteiger partial charge in [-0.2, -0.15) is 0 Å². The van der Waals surface area contributed by atoms with Gasteiger partial charge in [-0.05, 0) is 0 Å². The van der Waals surface area contributed by atoms with Crippen LogP contribution in [0.3, 0.4) is 0 Å². The van der Waals surface area contributed by atoms with Crippen molar-refractivity contribution in [2.75, 3.05) is 28.2 Å². The number of allylic oxidation sites excluding steroid dienone is 6. The van der Waals surface area contributed by atoms with E-state index in [2.05, 4.69) is 55.5 Å². The van der Waals surface area contributed by atoms with Gasteiger partial charge in [0, 0.05) is 0 Å². The zero-order valence-corrected chi connectivity index (χ0v) is 20.6. The SMILES string of the molecule is Cc1ccc([I-]c2ccc(OC(=C\C=C\C=[N+](C)C)/C=C/C=C/N(C)C)cc2)cc1. The first-order valence-corrected chi connectivity index (χ1v) is 12.0.